The fourth-order valence-corrected chi connectivity index (χ4v) is 2.71. The molecular formula is C18H12F2N2O7. The maximum atomic E-state index is 13.0. The number of carbonyl (C=O) groups is 2. The first-order chi connectivity index (χ1) is 13.8. The van der Waals surface area contributed by atoms with Crippen LogP contribution in [0.25, 0.3) is 11.1 Å². The number of alkyl halides is 2. The summed E-state index contributed by atoms with van der Waals surface area (Å²) in [7, 11) is 0. The number of para-hydroxylation sites is 2. The van der Waals surface area contributed by atoms with E-state index in [4.69, 9.17) is 9.15 Å². The first-order valence-corrected chi connectivity index (χ1v) is 8.24. The lowest BCUT2D eigenvalue weighted by Gasteiger charge is -2.07. The molecule has 29 heavy (non-hydrogen) atoms. The van der Waals surface area contributed by atoms with Crippen molar-refractivity contribution in [3.8, 4) is 11.5 Å². The molecule has 2 aromatic carbocycles. The van der Waals surface area contributed by atoms with Crippen molar-refractivity contribution in [1.82, 2.24) is 4.57 Å². The molecule has 0 saturated heterocycles. The van der Waals surface area contributed by atoms with Crippen molar-refractivity contribution in [1.29, 1.82) is 0 Å². The highest BCUT2D eigenvalue weighted by Crippen LogP contribution is 2.42. The number of nitrogens with one attached hydrogen (secondary N) is 1. The highest BCUT2D eigenvalue weighted by Gasteiger charge is 2.43. The van der Waals surface area contributed by atoms with Crippen molar-refractivity contribution in [3.63, 3.8) is 0 Å². The predicted octanol–water partition coefficient (Wildman–Crippen LogP) is 2.10. The second-order valence-electron chi connectivity index (χ2n) is 5.96. The van der Waals surface area contributed by atoms with Crippen molar-refractivity contribution in [2.24, 2.45) is 0 Å². The number of oxazole rings is 1. The third-order valence-corrected chi connectivity index (χ3v) is 3.91. The average Bonchev–Trinajstić information content (AvgIpc) is 3.14. The summed E-state index contributed by atoms with van der Waals surface area (Å²) in [6, 6.07) is 10.2. The van der Waals surface area contributed by atoms with Crippen molar-refractivity contribution in [2.75, 3.05) is 11.9 Å². The maximum Gasteiger partial charge on any atom is 0.586 e. The number of halogens is 2. The molecule has 0 spiro atoms. The molecule has 0 unspecified atom stereocenters. The van der Waals surface area contributed by atoms with Gasteiger partial charge in [-0.25, -0.2) is 4.79 Å². The van der Waals surface area contributed by atoms with Crippen molar-refractivity contribution < 1.29 is 37.0 Å². The summed E-state index contributed by atoms with van der Waals surface area (Å²) >= 11 is 0. The molecule has 150 valence electrons. The SMILES string of the molecule is O=C(COC(=O)Cn1c(=O)oc2ccccc21)Nc1ccc2c(c1)OC(F)(F)O2. The molecule has 1 aliphatic rings. The van der Waals surface area contributed by atoms with Gasteiger partial charge in [0.25, 0.3) is 5.91 Å². The largest absolute Gasteiger partial charge is 0.586 e. The third-order valence-electron chi connectivity index (χ3n) is 3.91. The standard InChI is InChI=1S/C18H12F2N2O7/c19-18(20)28-13-6-5-10(7-14(13)29-18)21-15(23)9-26-16(24)8-22-11-3-1-2-4-12(11)27-17(22)25/h1-7H,8-9H2,(H,21,23). The van der Waals surface area contributed by atoms with Gasteiger partial charge in [-0.3, -0.25) is 14.2 Å². The Hall–Kier alpha value is -3.89. The number of amides is 1. The summed E-state index contributed by atoms with van der Waals surface area (Å²) in [4.78, 5) is 35.7. The molecule has 0 radical (unpaired) electrons. The molecule has 0 atom stereocenters. The minimum atomic E-state index is -3.77. The van der Waals surface area contributed by atoms with Crippen LogP contribution in [0.3, 0.4) is 0 Å². The molecule has 3 aromatic rings. The normalized spacial score (nSPS) is 14.0. The summed E-state index contributed by atoms with van der Waals surface area (Å²) in [5.74, 6) is -2.69. The van der Waals surface area contributed by atoms with Gasteiger partial charge in [-0.1, -0.05) is 12.1 Å². The number of esters is 1. The van der Waals surface area contributed by atoms with Gasteiger partial charge in [-0.15, -0.1) is 8.78 Å². The second kappa shape index (κ2) is 6.93. The zero-order chi connectivity index (χ0) is 20.6. The number of carbonyl (C=O) groups excluding carboxylic acids is 2. The van der Waals surface area contributed by atoms with Gasteiger partial charge in [0.05, 0.1) is 5.52 Å². The van der Waals surface area contributed by atoms with E-state index in [1.54, 1.807) is 24.3 Å². The van der Waals surface area contributed by atoms with Crippen LogP contribution >= 0.6 is 0 Å². The van der Waals surface area contributed by atoms with E-state index in [-0.39, 0.29) is 17.2 Å². The molecule has 2 heterocycles. The van der Waals surface area contributed by atoms with Gasteiger partial charge in [-0.2, -0.15) is 0 Å². The Morgan fingerprint density at radius 1 is 1.10 bits per heavy atom. The first kappa shape index (κ1) is 18.5. The molecule has 0 fully saturated rings. The van der Waals surface area contributed by atoms with Gasteiger partial charge in [-0.05, 0) is 24.3 Å². The molecule has 4 rings (SSSR count). The van der Waals surface area contributed by atoms with Crippen LogP contribution in [0.15, 0.2) is 51.7 Å². The number of hydrogen-bond donors (Lipinski definition) is 1. The Morgan fingerprint density at radius 2 is 1.86 bits per heavy atom. The van der Waals surface area contributed by atoms with Gasteiger partial charge in [0.2, 0.25) is 0 Å². The van der Waals surface area contributed by atoms with Gasteiger partial charge in [0, 0.05) is 11.8 Å². The molecular weight excluding hydrogens is 394 g/mol. The lowest BCUT2D eigenvalue weighted by molar-refractivity contribution is -0.286. The number of ether oxygens (including phenoxy) is 3. The van der Waals surface area contributed by atoms with E-state index in [1.807, 2.05) is 0 Å². The van der Waals surface area contributed by atoms with E-state index in [0.29, 0.717) is 11.1 Å². The summed E-state index contributed by atoms with van der Waals surface area (Å²) < 4.78 is 45.5. The molecule has 1 aromatic heterocycles. The summed E-state index contributed by atoms with van der Waals surface area (Å²) in [5, 5.41) is 2.37. The van der Waals surface area contributed by atoms with Crippen LogP contribution in [-0.2, 0) is 20.9 Å². The van der Waals surface area contributed by atoms with Crippen LogP contribution in [0.2, 0.25) is 0 Å². The zero-order valence-corrected chi connectivity index (χ0v) is 14.5. The molecule has 1 amide bonds. The number of aromatic nitrogens is 1. The van der Waals surface area contributed by atoms with Crippen molar-refractivity contribution in [3.05, 3.63) is 53.0 Å². The summed E-state index contributed by atoms with van der Waals surface area (Å²) in [6.07, 6.45) is -3.77. The smallest absolute Gasteiger partial charge is 0.454 e. The Bertz CT molecular complexity index is 1170. The van der Waals surface area contributed by atoms with Crippen LogP contribution in [-0.4, -0.2) is 29.3 Å². The molecule has 0 bridgehead atoms. The van der Waals surface area contributed by atoms with Crippen LogP contribution in [0, 0.1) is 0 Å². The number of nitrogens with zero attached hydrogens (tertiary/aromatic N) is 1. The second-order valence-corrected chi connectivity index (χ2v) is 5.96. The maximum absolute atomic E-state index is 13.0. The highest BCUT2D eigenvalue weighted by atomic mass is 19.3. The van der Waals surface area contributed by atoms with Crippen molar-refractivity contribution in [2.45, 2.75) is 12.8 Å². The fraction of sp³-hybridized carbons (Fsp3) is 0.167. The minimum absolute atomic E-state index is 0.142. The molecule has 9 nitrogen and oxygen atoms in total. The van der Waals surface area contributed by atoms with Crippen LogP contribution in [0.5, 0.6) is 11.5 Å². The summed E-state index contributed by atoms with van der Waals surface area (Å²) in [5.41, 5.74) is 0.871. The fourth-order valence-electron chi connectivity index (χ4n) is 2.71. The van der Waals surface area contributed by atoms with Gasteiger partial charge < -0.3 is 23.9 Å². The lowest BCUT2D eigenvalue weighted by atomic mass is 10.3. The molecule has 1 N–H and O–H groups in total. The van der Waals surface area contributed by atoms with Gasteiger partial charge in [0.1, 0.15) is 6.54 Å². The third kappa shape index (κ3) is 3.88. The van der Waals surface area contributed by atoms with E-state index in [0.717, 1.165) is 10.6 Å². The van der Waals surface area contributed by atoms with Crippen LogP contribution in [0.1, 0.15) is 0 Å². The topological polar surface area (TPSA) is 109 Å². The number of hydrogen-bond acceptors (Lipinski definition) is 7. The molecule has 1 aliphatic heterocycles. The highest BCUT2D eigenvalue weighted by molar-refractivity contribution is 5.93. The molecule has 11 heteroatoms. The Labute approximate surface area is 160 Å². The van der Waals surface area contributed by atoms with E-state index in [1.165, 1.54) is 12.1 Å². The summed E-state index contributed by atoms with van der Waals surface area (Å²) in [6.45, 7) is -1.09. The molecule has 0 saturated carbocycles. The lowest BCUT2D eigenvalue weighted by Crippen LogP contribution is -2.26. The van der Waals surface area contributed by atoms with E-state index < -0.39 is 37.1 Å². The predicted molar refractivity (Wildman–Crippen MR) is 92.7 cm³/mol. The molecule has 0 aliphatic carbocycles. The van der Waals surface area contributed by atoms with Crippen molar-refractivity contribution >= 4 is 28.7 Å². The number of rotatable bonds is 5. The minimum Gasteiger partial charge on any atom is -0.454 e. The van der Waals surface area contributed by atoms with Crippen LogP contribution < -0.4 is 20.5 Å². The first-order valence-electron chi connectivity index (χ1n) is 8.24. The monoisotopic (exact) mass is 406 g/mol. The van der Waals surface area contributed by atoms with Gasteiger partial charge >= 0.3 is 18.0 Å². The quantitative estimate of drug-likeness (QED) is 0.647. The number of fused-ring (bicyclic) bond motifs is 2. The Balaban J connectivity index is 1.34. The van der Waals surface area contributed by atoms with E-state index in [2.05, 4.69) is 14.8 Å². The van der Waals surface area contributed by atoms with Gasteiger partial charge in [0.15, 0.2) is 23.7 Å². The van der Waals surface area contributed by atoms with Crippen LogP contribution in [0.4, 0.5) is 14.5 Å². The van der Waals surface area contributed by atoms with E-state index in [9.17, 15) is 23.2 Å². The average molecular weight is 406 g/mol. The Morgan fingerprint density at radius 3 is 2.69 bits per heavy atom. The zero-order valence-electron chi connectivity index (χ0n) is 14.5. The van der Waals surface area contributed by atoms with E-state index >= 15 is 0 Å². The Kier molecular flexibility index (Phi) is 4.41. The number of benzene rings is 2. The number of anilines is 1.